The van der Waals surface area contributed by atoms with Crippen molar-refractivity contribution in [2.75, 3.05) is 6.54 Å². The summed E-state index contributed by atoms with van der Waals surface area (Å²) in [6, 6.07) is 0. The number of hydrogen-bond donors (Lipinski definition) is 2. The summed E-state index contributed by atoms with van der Waals surface area (Å²) >= 11 is 0. The minimum atomic E-state index is -4.25. The molecule has 0 radical (unpaired) electrons. The Bertz CT molecular complexity index is 292. The van der Waals surface area contributed by atoms with Crippen LogP contribution in [0, 0.1) is 0 Å². The highest BCUT2D eigenvalue weighted by atomic mass is 19.4. The molecular weight excluding hydrogens is 211 g/mol. The lowest BCUT2D eigenvalue weighted by atomic mass is 10.2. The Morgan fingerprint density at radius 3 is 2.40 bits per heavy atom. The van der Waals surface area contributed by atoms with Crippen molar-refractivity contribution in [3.8, 4) is 0 Å². The largest absolute Gasteiger partial charge is 0.478 e. The number of carboxylic acids is 1. The van der Waals surface area contributed by atoms with Gasteiger partial charge in [0.25, 0.3) is 0 Å². The average Bonchev–Trinajstić information content (AvgIpc) is 2.83. The number of carboxylic acid groups (broad SMARTS) is 1. The van der Waals surface area contributed by atoms with Gasteiger partial charge in [0.1, 0.15) is 5.54 Å². The smallest absolute Gasteiger partial charge is 0.406 e. The molecule has 0 amide bonds. The van der Waals surface area contributed by atoms with Gasteiger partial charge < -0.3 is 10.4 Å². The number of rotatable bonds is 4. The minimum absolute atomic E-state index is 0.0421. The van der Waals surface area contributed by atoms with E-state index in [0.717, 1.165) is 0 Å². The van der Waals surface area contributed by atoms with Crippen LogP contribution in [0.5, 0.6) is 0 Å². The predicted octanol–water partition coefficient (Wildman–Crippen LogP) is 1.70. The molecule has 86 valence electrons. The highest BCUT2D eigenvalue weighted by Gasteiger charge is 2.62. The van der Waals surface area contributed by atoms with Gasteiger partial charge in [-0.05, 0) is 19.8 Å². The molecule has 0 bridgehead atoms. The van der Waals surface area contributed by atoms with Crippen molar-refractivity contribution < 1.29 is 23.1 Å². The van der Waals surface area contributed by atoms with Crippen LogP contribution in [0.25, 0.3) is 0 Å². The fraction of sp³-hybridized carbons (Fsp3) is 0.667. The number of halogens is 3. The number of hydrogen-bond acceptors (Lipinski definition) is 2. The highest BCUT2D eigenvalue weighted by molar-refractivity contribution is 5.85. The van der Waals surface area contributed by atoms with Gasteiger partial charge in [-0.1, -0.05) is 6.08 Å². The Balaban J connectivity index is 2.45. The third-order valence-electron chi connectivity index (χ3n) is 2.48. The van der Waals surface area contributed by atoms with Gasteiger partial charge in [-0.2, -0.15) is 13.2 Å². The van der Waals surface area contributed by atoms with E-state index in [9.17, 15) is 18.0 Å². The fourth-order valence-electron chi connectivity index (χ4n) is 1.17. The van der Waals surface area contributed by atoms with Crippen molar-refractivity contribution in [1.29, 1.82) is 0 Å². The first-order valence-electron chi connectivity index (χ1n) is 4.50. The summed E-state index contributed by atoms with van der Waals surface area (Å²) in [5, 5.41) is 10.8. The van der Waals surface area contributed by atoms with E-state index in [4.69, 9.17) is 5.11 Å². The van der Waals surface area contributed by atoms with Crippen molar-refractivity contribution in [3.05, 3.63) is 11.6 Å². The molecule has 2 N–H and O–H groups in total. The normalized spacial score (nSPS) is 20.1. The SMILES string of the molecule is CC(=CCNC1(C(F)(F)F)CC1)C(=O)O. The van der Waals surface area contributed by atoms with Crippen molar-refractivity contribution in [1.82, 2.24) is 5.32 Å². The molecule has 1 fully saturated rings. The molecule has 0 aromatic rings. The molecule has 0 aromatic heterocycles. The second-order valence-electron chi connectivity index (χ2n) is 3.65. The monoisotopic (exact) mass is 223 g/mol. The van der Waals surface area contributed by atoms with Gasteiger partial charge in [0.2, 0.25) is 0 Å². The minimum Gasteiger partial charge on any atom is -0.478 e. The summed E-state index contributed by atoms with van der Waals surface area (Å²) in [5.74, 6) is -1.12. The Hall–Kier alpha value is -1.04. The summed E-state index contributed by atoms with van der Waals surface area (Å²) in [5.41, 5.74) is -1.73. The lowest BCUT2D eigenvalue weighted by Gasteiger charge is -2.19. The molecule has 1 saturated carbocycles. The lowest BCUT2D eigenvalue weighted by Crippen LogP contribution is -2.44. The van der Waals surface area contributed by atoms with Crippen LogP contribution in [0.4, 0.5) is 13.2 Å². The van der Waals surface area contributed by atoms with Gasteiger partial charge in [0.05, 0.1) is 0 Å². The van der Waals surface area contributed by atoms with E-state index in [-0.39, 0.29) is 25.0 Å². The first-order valence-corrected chi connectivity index (χ1v) is 4.50. The first-order chi connectivity index (χ1) is 6.78. The second kappa shape index (κ2) is 3.84. The molecule has 1 rings (SSSR count). The molecule has 0 saturated heterocycles. The van der Waals surface area contributed by atoms with E-state index in [1.54, 1.807) is 0 Å². The molecule has 1 aliphatic rings. The van der Waals surface area contributed by atoms with E-state index in [0.29, 0.717) is 0 Å². The molecule has 6 heteroatoms. The summed E-state index contributed by atoms with van der Waals surface area (Å²) in [7, 11) is 0. The maximum absolute atomic E-state index is 12.4. The fourth-order valence-corrected chi connectivity index (χ4v) is 1.17. The lowest BCUT2D eigenvalue weighted by molar-refractivity contribution is -0.165. The molecule has 0 aliphatic heterocycles. The standard InChI is InChI=1S/C9H12F3NO2/c1-6(7(14)15)2-5-13-8(3-4-8)9(10,11)12/h2,13H,3-5H2,1H3,(H,14,15). The molecule has 3 nitrogen and oxygen atoms in total. The molecule has 0 spiro atoms. The Kier molecular flexibility index (Phi) is 3.08. The van der Waals surface area contributed by atoms with Gasteiger partial charge >= 0.3 is 12.1 Å². The Labute approximate surface area is 85.0 Å². The van der Waals surface area contributed by atoms with Crippen molar-refractivity contribution >= 4 is 5.97 Å². The third-order valence-corrected chi connectivity index (χ3v) is 2.48. The number of nitrogens with one attached hydrogen (secondary N) is 1. The van der Waals surface area contributed by atoms with Crippen LogP contribution in [-0.2, 0) is 4.79 Å². The number of carbonyl (C=O) groups is 1. The van der Waals surface area contributed by atoms with E-state index < -0.39 is 17.7 Å². The maximum Gasteiger partial charge on any atom is 0.406 e. The Morgan fingerprint density at radius 2 is 2.07 bits per heavy atom. The predicted molar refractivity (Wildman–Crippen MR) is 47.4 cm³/mol. The van der Waals surface area contributed by atoms with Crippen LogP contribution in [0.15, 0.2) is 11.6 Å². The molecule has 1 aliphatic carbocycles. The van der Waals surface area contributed by atoms with Crippen LogP contribution in [0.3, 0.4) is 0 Å². The molecule has 15 heavy (non-hydrogen) atoms. The summed E-state index contributed by atoms with van der Waals surface area (Å²) in [6.45, 7) is 1.27. The Morgan fingerprint density at radius 1 is 1.53 bits per heavy atom. The van der Waals surface area contributed by atoms with Gasteiger partial charge in [-0.3, -0.25) is 0 Å². The topological polar surface area (TPSA) is 49.3 Å². The zero-order valence-corrected chi connectivity index (χ0v) is 8.19. The zero-order valence-electron chi connectivity index (χ0n) is 8.19. The van der Waals surface area contributed by atoms with E-state index in [1.165, 1.54) is 13.0 Å². The maximum atomic E-state index is 12.4. The van der Waals surface area contributed by atoms with Gasteiger partial charge in [0.15, 0.2) is 0 Å². The number of alkyl halides is 3. The molecule has 0 aromatic carbocycles. The van der Waals surface area contributed by atoms with E-state index >= 15 is 0 Å². The van der Waals surface area contributed by atoms with Crippen LogP contribution >= 0.6 is 0 Å². The highest BCUT2D eigenvalue weighted by Crippen LogP contribution is 2.48. The third kappa shape index (κ3) is 2.71. The first kappa shape index (κ1) is 12.0. The van der Waals surface area contributed by atoms with Crippen LogP contribution in [0.1, 0.15) is 19.8 Å². The van der Waals surface area contributed by atoms with Crippen LogP contribution in [-0.4, -0.2) is 29.3 Å². The van der Waals surface area contributed by atoms with E-state index in [2.05, 4.69) is 5.32 Å². The molecule has 0 atom stereocenters. The summed E-state index contributed by atoms with van der Waals surface area (Å²) in [6.07, 6.45) is -2.88. The van der Waals surface area contributed by atoms with E-state index in [1.807, 2.05) is 0 Å². The second-order valence-corrected chi connectivity index (χ2v) is 3.65. The van der Waals surface area contributed by atoms with Crippen molar-refractivity contribution in [2.45, 2.75) is 31.5 Å². The average molecular weight is 223 g/mol. The van der Waals surface area contributed by atoms with Crippen molar-refractivity contribution in [2.24, 2.45) is 0 Å². The molecule has 0 unspecified atom stereocenters. The van der Waals surface area contributed by atoms with Gasteiger partial charge in [-0.25, -0.2) is 4.79 Å². The van der Waals surface area contributed by atoms with Gasteiger partial charge in [-0.15, -0.1) is 0 Å². The zero-order chi connectivity index (χ0) is 11.7. The summed E-state index contributed by atoms with van der Waals surface area (Å²) in [4.78, 5) is 10.3. The van der Waals surface area contributed by atoms with Crippen molar-refractivity contribution in [3.63, 3.8) is 0 Å². The molecule has 0 heterocycles. The summed E-state index contributed by atoms with van der Waals surface area (Å²) < 4.78 is 37.1. The molecular formula is C9H12F3NO2. The number of aliphatic carboxylic acids is 1. The van der Waals surface area contributed by atoms with Crippen LogP contribution < -0.4 is 5.32 Å². The van der Waals surface area contributed by atoms with Gasteiger partial charge in [0, 0.05) is 12.1 Å². The quantitative estimate of drug-likeness (QED) is 0.713. The van der Waals surface area contributed by atoms with Crippen LogP contribution in [0.2, 0.25) is 0 Å².